The predicted octanol–water partition coefficient (Wildman–Crippen LogP) is 2.20. The summed E-state index contributed by atoms with van der Waals surface area (Å²) in [6.45, 7) is 3.97. The Kier molecular flexibility index (Phi) is 9.45. The fourth-order valence-electron chi connectivity index (χ4n) is 2.10. The zero-order valence-corrected chi connectivity index (χ0v) is 14.1. The third-order valence-corrected chi connectivity index (χ3v) is 3.16. The van der Waals surface area contributed by atoms with Crippen LogP contribution in [0.15, 0.2) is 30.3 Å². The minimum absolute atomic E-state index is 0. The molecule has 22 heavy (non-hydrogen) atoms. The maximum Gasteiger partial charge on any atom is 0.328 e. The second-order valence-corrected chi connectivity index (χ2v) is 5.49. The van der Waals surface area contributed by atoms with Crippen LogP contribution in [0.1, 0.15) is 38.3 Å². The van der Waals surface area contributed by atoms with E-state index in [1.807, 2.05) is 44.2 Å². The van der Waals surface area contributed by atoms with E-state index < -0.39 is 12.0 Å². The molecule has 0 radical (unpaired) electrons. The summed E-state index contributed by atoms with van der Waals surface area (Å²) >= 11 is 0. The molecular formula is C16H25ClN2O3. The van der Waals surface area contributed by atoms with Crippen LogP contribution >= 0.6 is 12.4 Å². The Balaban J connectivity index is 0.00000441. The van der Waals surface area contributed by atoms with Crippen LogP contribution in [-0.2, 0) is 14.3 Å². The fraction of sp³-hybridized carbons (Fsp3) is 0.500. The number of methoxy groups -OCH3 is 1. The lowest BCUT2D eigenvalue weighted by Gasteiger charge is -2.19. The van der Waals surface area contributed by atoms with Crippen LogP contribution in [0.25, 0.3) is 0 Å². The Morgan fingerprint density at radius 2 is 1.82 bits per heavy atom. The van der Waals surface area contributed by atoms with Gasteiger partial charge in [-0.05, 0) is 17.9 Å². The molecule has 0 aliphatic heterocycles. The van der Waals surface area contributed by atoms with Gasteiger partial charge >= 0.3 is 5.97 Å². The number of carbonyl (C=O) groups excluding carboxylic acids is 2. The van der Waals surface area contributed by atoms with Crippen molar-refractivity contribution in [2.45, 2.75) is 38.8 Å². The van der Waals surface area contributed by atoms with Gasteiger partial charge in [-0.15, -0.1) is 12.4 Å². The van der Waals surface area contributed by atoms with Crippen molar-refractivity contribution in [3.63, 3.8) is 0 Å². The summed E-state index contributed by atoms with van der Waals surface area (Å²) < 4.78 is 4.72. The lowest BCUT2D eigenvalue weighted by Crippen LogP contribution is -2.43. The van der Waals surface area contributed by atoms with Gasteiger partial charge in [-0.2, -0.15) is 0 Å². The Hall–Kier alpha value is -1.59. The van der Waals surface area contributed by atoms with E-state index in [2.05, 4.69) is 5.32 Å². The van der Waals surface area contributed by atoms with Gasteiger partial charge in [0.15, 0.2) is 0 Å². The van der Waals surface area contributed by atoms with Gasteiger partial charge in [0, 0.05) is 12.5 Å². The topological polar surface area (TPSA) is 81.4 Å². The van der Waals surface area contributed by atoms with E-state index in [1.54, 1.807) is 0 Å². The van der Waals surface area contributed by atoms with E-state index in [4.69, 9.17) is 10.5 Å². The Labute approximate surface area is 138 Å². The highest BCUT2D eigenvalue weighted by Crippen LogP contribution is 2.14. The summed E-state index contributed by atoms with van der Waals surface area (Å²) in [5, 5.41) is 2.71. The van der Waals surface area contributed by atoms with Crippen LogP contribution in [0.4, 0.5) is 0 Å². The van der Waals surface area contributed by atoms with Gasteiger partial charge in [-0.25, -0.2) is 4.79 Å². The van der Waals surface area contributed by atoms with Crippen LogP contribution in [0.5, 0.6) is 0 Å². The van der Waals surface area contributed by atoms with Crippen molar-refractivity contribution >= 4 is 24.3 Å². The second kappa shape index (κ2) is 10.2. The highest BCUT2D eigenvalue weighted by Gasteiger charge is 2.23. The Morgan fingerprint density at radius 1 is 1.23 bits per heavy atom. The monoisotopic (exact) mass is 328 g/mol. The predicted molar refractivity (Wildman–Crippen MR) is 88.6 cm³/mol. The molecule has 0 fully saturated rings. The third-order valence-electron chi connectivity index (χ3n) is 3.16. The van der Waals surface area contributed by atoms with Crippen molar-refractivity contribution < 1.29 is 14.3 Å². The average Bonchev–Trinajstić information content (AvgIpc) is 2.46. The van der Waals surface area contributed by atoms with E-state index in [9.17, 15) is 9.59 Å². The normalized spacial score (nSPS) is 13.0. The van der Waals surface area contributed by atoms with Crippen molar-refractivity contribution in [1.82, 2.24) is 5.32 Å². The zero-order chi connectivity index (χ0) is 15.8. The zero-order valence-electron chi connectivity index (χ0n) is 13.2. The lowest BCUT2D eigenvalue weighted by molar-refractivity contribution is -0.145. The van der Waals surface area contributed by atoms with Crippen LogP contribution < -0.4 is 11.1 Å². The molecule has 1 rings (SSSR count). The summed E-state index contributed by atoms with van der Waals surface area (Å²) in [5.74, 6) is -0.398. The van der Waals surface area contributed by atoms with E-state index >= 15 is 0 Å². The minimum atomic E-state index is -0.620. The molecule has 5 nitrogen and oxygen atoms in total. The largest absolute Gasteiger partial charge is 0.467 e. The Bertz CT molecular complexity index is 466. The average molecular weight is 329 g/mol. The van der Waals surface area contributed by atoms with Crippen LogP contribution in [-0.4, -0.2) is 25.0 Å². The van der Waals surface area contributed by atoms with Gasteiger partial charge < -0.3 is 15.8 Å². The van der Waals surface area contributed by atoms with E-state index in [-0.39, 0.29) is 36.7 Å². The maximum atomic E-state index is 12.0. The van der Waals surface area contributed by atoms with Crippen molar-refractivity contribution in [1.29, 1.82) is 0 Å². The van der Waals surface area contributed by atoms with Gasteiger partial charge in [-0.1, -0.05) is 44.2 Å². The number of nitrogens with two attached hydrogens (primary N) is 1. The first-order valence-electron chi connectivity index (χ1n) is 7.11. The second-order valence-electron chi connectivity index (χ2n) is 5.49. The van der Waals surface area contributed by atoms with Crippen molar-refractivity contribution in [3.8, 4) is 0 Å². The molecule has 1 aromatic rings. The van der Waals surface area contributed by atoms with Crippen molar-refractivity contribution in [2.24, 2.45) is 11.7 Å². The Morgan fingerprint density at radius 3 is 2.32 bits per heavy atom. The first-order valence-corrected chi connectivity index (χ1v) is 7.11. The lowest BCUT2D eigenvalue weighted by atomic mass is 10.0. The molecular weight excluding hydrogens is 304 g/mol. The first kappa shape index (κ1) is 20.4. The molecule has 6 heteroatoms. The SMILES string of the molecule is COC(=O)C(CC(C)C)NC(=O)CC(N)c1ccccc1.Cl. The molecule has 0 saturated heterocycles. The molecule has 0 saturated carbocycles. The summed E-state index contributed by atoms with van der Waals surface area (Å²) in [6, 6.07) is 8.40. The molecule has 0 aliphatic rings. The number of ether oxygens (including phenoxy) is 1. The molecule has 0 aromatic heterocycles. The van der Waals surface area contributed by atoms with Crippen LogP contribution in [0, 0.1) is 5.92 Å². The van der Waals surface area contributed by atoms with E-state index in [0.29, 0.717) is 6.42 Å². The number of halogens is 1. The maximum absolute atomic E-state index is 12.0. The molecule has 2 atom stereocenters. The number of hydrogen-bond acceptors (Lipinski definition) is 4. The van der Waals surface area contributed by atoms with Crippen LogP contribution in [0.2, 0.25) is 0 Å². The fourth-order valence-corrected chi connectivity index (χ4v) is 2.10. The number of esters is 1. The summed E-state index contributed by atoms with van der Waals surface area (Å²) in [7, 11) is 1.32. The van der Waals surface area contributed by atoms with Gasteiger partial charge in [0.1, 0.15) is 6.04 Å². The number of carbonyl (C=O) groups is 2. The number of amides is 1. The van der Waals surface area contributed by atoms with E-state index in [0.717, 1.165) is 5.56 Å². The molecule has 0 spiro atoms. The van der Waals surface area contributed by atoms with Crippen molar-refractivity contribution in [3.05, 3.63) is 35.9 Å². The summed E-state index contributed by atoms with van der Waals surface area (Å²) in [4.78, 5) is 23.7. The highest BCUT2D eigenvalue weighted by atomic mass is 35.5. The molecule has 1 amide bonds. The molecule has 124 valence electrons. The quantitative estimate of drug-likeness (QED) is 0.752. The summed E-state index contributed by atoms with van der Waals surface area (Å²) in [5.41, 5.74) is 6.90. The molecule has 0 heterocycles. The van der Waals surface area contributed by atoms with Gasteiger partial charge in [0.25, 0.3) is 0 Å². The molecule has 3 N–H and O–H groups in total. The molecule has 0 aliphatic carbocycles. The first-order chi connectivity index (χ1) is 9.93. The number of benzene rings is 1. The van der Waals surface area contributed by atoms with Gasteiger partial charge in [0.05, 0.1) is 7.11 Å². The number of nitrogens with one attached hydrogen (secondary N) is 1. The van der Waals surface area contributed by atoms with Crippen LogP contribution in [0.3, 0.4) is 0 Å². The summed E-state index contributed by atoms with van der Waals surface area (Å²) in [6.07, 6.45) is 0.675. The van der Waals surface area contributed by atoms with Gasteiger partial charge in [-0.3, -0.25) is 4.79 Å². The van der Waals surface area contributed by atoms with Crippen molar-refractivity contribution in [2.75, 3.05) is 7.11 Å². The molecule has 1 aromatic carbocycles. The smallest absolute Gasteiger partial charge is 0.328 e. The highest BCUT2D eigenvalue weighted by molar-refractivity contribution is 5.85. The molecule has 2 unspecified atom stereocenters. The third kappa shape index (κ3) is 6.91. The molecule has 0 bridgehead atoms. The number of rotatable bonds is 7. The van der Waals surface area contributed by atoms with Gasteiger partial charge in [0.2, 0.25) is 5.91 Å². The minimum Gasteiger partial charge on any atom is -0.467 e. The standard InChI is InChI=1S/C16H24N2O3.ClH/c1-11(2)9-14(16(20)21-3)18-15(19)10-13(17)12-7-5-4-6-8-12;/h4-8,11,13-14H,9-10,17H2,1-3H3,(H,18,19);1H. The van der Waals surface area contributed by atoms with E-state index in [1.165, 1.54) is 7.11 Å². The number of hydrogen-bond donors (Lipinski definition) is 2.